The maximum atomic E-state index is 12.7. The lowest BCUT2D eigenvalue weighted by Gasteiger charge is -2.72. The van der Waals surface area contributed by atoms with Crippen molar-refractivity contribution in [2.45, 2.75) is 231 Å². The van der Waals surface area contributed by atoms with E-state index in [4.69, 9.17) is 32.2 Å². The molecule has 72 heavy (non-hydrogen) atoms. The van der Waals surface area contributed by atoms with Gasteiger partial charge in [0, 0.05) is 34.0 Å². The first-order valence-electron chi connectivity index (χ1n) is 29.4. The third kappa shape index (κ3) is 7.21. The quantitative estimate of drug-likeness (QED) is 0.242. The zero-order valence-electron chi connectivity index (χ0n) is 47.1. The first-order valence-corrected chi connectivity index (χ1v) is 30.4. The SMILES string of the molecule is C.CC(C)[C@@H]1CC[C@]2(C=O)CC[C@]3(C)[C@H](CC[C@@H]4[C@@]5(C)Cc6cnoc6C(C)(C)[C@@H]5CC[C@]43C)[C@@H]12.CC(C)[C@@H]1CC[C@]2(CO)CC[C@]3(C)[C@H](CC[C@@H]4[C@@]5(C)Cc6cnoc6C(C)(C)[C@@H]5CC[C@]43C)[C@@H]12.ClCCl. The Balaban J connectivity index is 0.000000167. The molecule has 12 rings (SSSR count). The molecule has 0 bridgehead atoms. The van der Waals surface area contributed by atoms with E-state index in [1.807, 2.05) is 12.4 Å². The van der Waals surface area contributed by atoms with Gasteiger partial charge in [-0.25, -0.2) is 0 Å². The van der Waals surface area contributed by atoms with Crippen LogP contribution < -0.4 is 0 Å². The van der Waals surface area contributed by atoms with Gasteiger partial charge in [0.1, 0.15) is 17.8 Å². The van der Waals surface area contributed by atoms with Crippen LogP contribution in [-0.2, 0) is 28.5 Å². The number of nitrogens with zero attached hydrogens (tertiary/aromatic N) is 2. The van der Waals surface area contributed by atoms with Gasteiger partial charge < -0.3 is 18.9 Å². The van der Waals surface area contributed by atoms with E-state index in [1.54, 1.807) is 0 Å². The van der Waals surface area contributed by atoms with Gasteiger partial charge in [-0.2, -0.15) is 0 Å². The van der Waals surface area contributed by atoms with E-state index in [0.717, 1.165) is 72.7 Å². The van der Waals surface area contributed by atoms with Crippen LogP contribution in [0.4, 0.5) is 0 Å². The first-order chi connectivity index (χ1) is 33.3. The van der Waals surface area contributed by atoms with Gasteiger partial charge >= 0.3 is 0 Å². The number of hydrogen-bond acceptors (Lipinski definition) is 6. The molecular weight excluding hydrogens is 932 g/mol. The number of halogens is 2. The number of aromatic nitrogens is 2. The molecule has 18 atom stereocenters. The second-order valence-corrected chi connectivity index (χ2v) is 31.2. The van der Waals surface area contributed by atoms with Crippen LogP contribution in [0.25, 0.3) is 0 Å². The summed E-state index contributed by atoms with van der Waals surface area (Å²) in [6, 6.07) is 0. The van der Waals surface area contributed by atoms with E-state index in [0.29, 0.717) is 69.2 Å². The fourth-order valence-corrected chi connectivity index (χ4v) is 24.0. The van der Waals surface area contributed by atoms with Gasteiger partial charge in [0.25, 0.3) is 0 Å². The molecule has 10 aliphatic rings. The summed E-state index contributed by atoms with van der Waals surface area (Å²) < 4.78 is 11.7. The van der Waals surface area contributed by atoms with E-state index in [-0.39, 0.29) is 39.8 Å². The standard InChI is InChI=1S/C31H49NO2.C31H47NO2.CH2Cl2.CH4/c2*1-19(2)21-10-13-31(18-33)15-14-29(6)22(25(21)31)8-9-24-28(5)16-20-17-32-34-26(20)27(3,4)23(28)11-12-30(24,29)7;2-1-3;/h17,19,21-25,33H,8-16,18H2,1-7H3;17-19,21-25H,8-16H2,1-7H3;1H2;1H4/t2*21-,22+,23-,24+,25+,28-,29+,30+,31+;;/m00../s1. The monoisotopic (exact) mass is 1030 g/mol. The van der Waals surface area contributed by atoms with Crippen molar-refractivity contribution in [3.63, 3.8) is 0 Å². The molecule has 8 saturated carbocycles. The molecule has 2 aromatic rings. The summed E-state index contributed by atoms with van der Waals surface area (Å²) >= 11 is 9.53. The summed E-state index contributed by atoms with van der Waals surface area (Å²) in [6.07, 6.45) is 28.3. The number of alkyl halides is 2. The molecule has 0 radical (unpaired) electrons. The molecule has 2 aromatic heterocycles. The number of carbonyl (C=O) groups is 1. The molecule has 0 spiro atoms. The summed E-state index contributed by atoms with van der Waals surface area (Å²) in [6.45, 7) is 35.9. The van der Waals surface area contributed by atoms with Crippen LogP contribution in [0.15, 0.2) is 21.4 Å². The van der Waals surface area contributed by atoms with Crippen molar-refractivity contribution in [1.29, 1.82) is 0 Å². The summed E-state index contributed by atoms with van der Waals surface area (Å²) in [4.78, 5) is 12.7. The number of hydrogen-bond donors (Lipinski definition) is 1. The highest BCUT2D eigenvalue weighted by molar-refractivity contribution is 6.40. The minimum absolute atomic E-state index is 0. The summed E-state index contributed by atoms with van der Waals surface area (Å²) in [5.74, 6) is 10.8. The minimum atomic E-state index is -0.0341. The zero-order valence-corrected chi connectivity index (χ0v) is 48.6. The molecular formula is C64H102Cl2N2O4. The molecule has 0 saturated heterocycles. The molecule has 6 nitrogen and oxygen atoms in total. The number of rotatable bonds is 4. The fourth-order valence-electron chi connectivity index (χ4n) is 24.0. The van der Waals surface area contributed by atoms with E-state index in [9.17, 15) is 9.90 Å². The van der Waals surface area contributed by atoms with Crippen molar-refractivity contribution < 1.29 is 18.9 Å². The highest BCUT2D eigenvalue weighted by atomic mass is 35.5. The normalized spacial score (nSPS) is 48.6. The highest BCUT2D eigenvalue weighted by Crippen LogP contribution is 2.79. The molecule has 0 unspecified atom stereocenters. The van der Waals surface area contributed by atoms with Gasteiger partial charge in [-0.15, -0.1) is 23.2 Å². The van der Waals surface area contributed by atoms with Gasteiger partial charge in [-0.3, -0.25) is 0 Å². The van der Waals surface area contributed by atoms with Crippen LogP contribution in [-0.4, -0.2) is 33.7 Å². The van der Waals surface area contributed by atoms with Crippen molar-refractivity contribution in [3.05, 3.63) is 35.0 Å². The molecule has 1 N–H and O–H groups in total. The lowest BCUT2D eigenvalue weighted by Crippen LogP contribution is -2.66. The third-order valence-electron chi connectivity index (χ3n) is 27.3. The highest BCUT2D eigenvalue weighted by Gasteiger charge is 2.73. The first kappa shape index (κ1) is 55.4. The zero-order chi connectivity index (χ0) is 51.3. The van der Waals surface area contributed by atoms with Crippen molar-refractivity contribution in [1.82, 2.24) is 10.3 Å². The maximum Gasteiger partial charge on any atom is 0.145 e. The maximum absolute atomic E-state index is 12.7. The van der Waals surface area contributed by atoms with Crippen LogP contribution in [0.5, 0.6) is 0 Å². The Labute approximate surface area is 448 Å². The van der Waals surface area contributed by atoms with Crippen LogP contribution >= 0.6 is 23.2 Å². The molecule has 0 aliphatic heterocycles. The predicted octanol–water partition coefficient (Wildman–Crippen LogP) is 17.1. The van der Waals surface area contributed by atoms with Gasteiger partial charge in [0.15, 0.2) is 0 Å². The van der Waals surface area contributed by atoms with Crippen LogP contribution in [0, 0.1) is 114 Å². The minimum Gasteiger partial charge on any atom is -0.396 e. The Morgan fingerprint density at radius 1 is 0.569 bits per heavy atom. The Hall–Kier alpha value is -1.37. The van der Waals surface area contributed by atoms with Gasteiger partial charge in [0.05, 0.1) is 17.7 Å². The largest absolute Gasteiger partial charge is 0.396 e. The molecule has 0 aromatic carbocycles. The molecule has 10 aliphatic carbocycles. The molecule has 0 amide bonds. The molecule has 2 heterocycles. The van der Waals surface area contributed by atoms with Crippen LogP contribution in [0.1, 0.15) is 230 Å². The molecule has 8 heteroatoms. The fraction of sp³-hybridized carbons (Fsp3) is 0.891. The topological polar surface area (TPSA) is 89.4 Å². The number of aliphatic hydroxyl groups is 1. The summed E-state index contributed by atoms with van der Waals surface area (Å²) in [5, 5.41) is 19.5. The second-order valence-electron chi connectivity index (χ2n) is 30.4. The van der Waals surface area contributed by atoms with Crippen molar-refractivity contribution in [3.8, 4) is 0 Å². The smallest absolute Gasteiger partial charge is 0.145 e. The Morgan fingerprint density at radius 3 is 1.44 bits per heavy atom. The molecule has 8 fully saturated rings. The third-order valence-corrected chi connectivity index (χ3v) is 27.3. The Bertz CT molecular complexity index is 2300. The van der Waals surface area contributed by atoms with E-state index >= 15 is 0 Å². The lowest BCUT2D eigenvalue weighted by molar-refractivity contribution is -0.231. The van der Waals surface area contributed by atoms with E-state index < -0.39 is 0 Å². The number of fused-ring (bicyclic) bond motifs is 16. The van der Waals surface area contributed by atoms with Gasteiger partial charge in [-0.05, 0) is 224 Å². The van der Waals surface area contributed by atoms with Crippen molar-refractivity contribution in [2.75, 3.05) is 11.9 Å². The average molecular weight is 1030 g/mol. The number of carbonyl (C=O) groups excluding carboxylic acids is 1. The Morgan fingerprint density at radius 2 is 1.00 bits per heavy atom. The predicted molar refractivity (Wildman–Crippen MR) is 295 cm³/mol. The summed E-state index contributed by atoms with van der Waals surface area (Å²) in [5.41, 5.74) is 5.02. The number of aliphatic hydroxyl groups excluding tert-OH is 1. The van der Waals surface area contributed by atoms with Crippen molar-refractivity contribution >= 4 is 29.5 Å². The van der Waals surface area contributed by atoms with Gasteiger partial charge in [-0.1, -0.05) is 115 Å². The molecule has 406 valence electrons. The Kier molecular flexibility index (Phi) is 14.1. The van der Waals surface area contributed by atoms with Crippen molar-refractivity contribution in [2.24, 2.45) is 114 Å². The average Bonchev–Trinajstić information content (AvgIpc) is 4.13. The number of aldehydes is 1. The van der Waals surface area contributed by atoms with E-state index in [2.05, 4.69) is 107 Å². The van der Waals surface area contributed by atoms with E-state index in [1.165, 1.54) is 107 Å². The van der Waals surface area contributed by atoms with Crippen LogP contribution in [0.3, 0.4) is 0 Å². The second kappa shape index (κ2) is 18.4. The summed E-state index contributed by atoms with van der Waals surface area (Å²) in [7, 11) is 0. The lowest BCUT2D eigenvalue weighted by atomic mass is 9.32. The van der Waals surface area contributed by atoms with Gasteiger partial charge in [0.2, 0.25) is 0 Å². The van der Waals surface area contributed by atoms with Crippen LogP contribution in [0.2, 0.25) is 0 Å².